The molecule has 1 aliphatic carbocycles. The number of carbonyl (C=O) groups is 2. The van der Waals surface area contributed by atoms with Crippen molar-refractivity contribution in [3.8, 4) is 5.75 Å². The summed E-state index contributed by atoms with van der Waals surface area (Å²) in [6.45, 7) is 6.99. The summed E-state index contributed by atoms with van der Waals surface area (Å²) >= 11 is 6.26. The molecule has 0 aromatic heterocycles. The van der Waals surface area contributed by atoms with Crippen molar-refractivity contribution in [2.24, 2.45) is 11.7 Å². The summed E-state index contributed by atoms with van der Waals surface area (Å²) in [5.41, 5.74) is 6.41. The number of nitrogens with one attached hydrogen (secondary N) is 1. The van der Waals surface area contributed by atoms with E-state index in [0.717, 1.165) is 25.7 Å². The van der Waals surface area contributed by atoms with Gasteiger partial charge in [-0.25, -0.2) is 0 Å². The minimum atomic E-state index is -0.486. The zero-order chi connectivity index (χ0) is 20.0. The molecule has 6 nitrogen and oxygen atoms in total. The van der Waals surface area contributed by atoms with Gasteiger partial charge in [-0.15, -0.1) is 12.4 Å². The predicted octanol–water partition coefficient (Wildman–Crippen LogP) is 3.86. The second-order valence-corrected chi connectivity index (χ2v) is 7.70. The van der Waals surface area contributed by atoms with E-state index in [1.807, 2.05) is 20.8 Å². The van der Waals surface area contributed by atoms with Gasteiger partial charge in [0.25, 0.3) is 5.91 Å². The first-order chi connectivity index (χ1) is 12.8. The van der Waals surface area contributed by atoms with E-state index in [1.165, 1.54) is 0 Å². The van der Waals surface area contributed by atoms with Crippen molar-refractivity contribution in [3.63, 3.8) is 0 Å². The zero-order valence-corrected chi connectivity index (χ0v) is 18.4. The molecule has 158 valence electrons. The molecule has 3 N–H and O–H groups in total. The van der Waals surface area contributed by atoms with Crippen molar-refractivity contribution in [3.05, 3.63) is 23.2 Å². The van der Waals surface area contributed by atoms with Gasteiger partial charge in [0.1, 0.15) is 5.75 Å². The molecule has 0 aliphatic heterocycles. The Labute approximate surface area is 178 Å². The van der Waals surface area contributed by atoms with Gasteiger partial charge in [0.15, 0.2) is 6.61 Å². The van der Waals surface area contributed by atoms with Gasteiger partial charge in [-0.1, -0.05) is 24.4 Å². The molecule has 28 heavy (non-hydrogen) atoms. The molecule has 1 aromatic carbocycles. The van der Waals surface area contributed by atoms with Gasteiger partial charge in [-0.05, 0) is 51.8 Å². The average Bonchev–Trinajstić information content (AvgIpc) is 2.61. The van der Waals surface area contributed by atoms with E-state index in [1.54, 1.807) is 23.1 Å². The lowest BCUT2D eigenvalue weighted by Crippen LogP contribution is -2.51. The van der Waals surface area contributed by atoms with Crippen molar-refractivity contribution in [2.45, 2.75) is 52.0 Å². The van der Waals surface area contributed by atoms with Crippen LogP contribution < -0.4 is 15.8 Å². The Morgan fingerprint density at radius 2 is 2.00 bits per heavy atom. The van der Waals surface area contributed by atoms with Crippen LogP contribution in [-0.2, 0) is 9.59 Å². The van der Waals surface area contributed by atoms with E-state index < -0.39 is 5.54 Å². The Morgan fingerprint density at radius 1 is 1.32 bits per heavy atom. The summed E-state index contributed by atoms with van der Waals surface area (Å²) in [6, 6.07) is 5.01. The predicted molar refractivity (Wildman–Crippen MR) is 115 cm³/mol. The molecule has 0 bridgehead atoms. The first-order valence-corrected chi connectivity index (χ1v) is 9.96. The maximum atomic E-state index is 12.6. The Morgan fingerprint density at radius 3 is 2.57 bits per heavy atom. The fraction of sp³-hybridized carbons (Fsp3) is 0.600. The smallest absolute Gasteiger partial charge is 0.260 e. The maximum Gasteiger partial charge on any atom is 0.260 e. The Balaban J connectivity index is 0.00000392. The number of nitrogens with two attached hydrogens (primary N) is 1. The first kappa shape index (κ1) is 24.5. The van der Waals surface area contributed by atoms with Gasteiger partial charge in [0.2, 0.25) is 5.91 Å². The molecule has 2 amide bonds. The molecular formula is C20H31Cl2N3O3. The average molecular weight is 432 g/mol. The highest BCUT2D eigenvalue weighted by Gasteiger charge is 2.37. The summed E-state index contributed by atoms with van der Waals surface area (Å²) in [5.74, 6) is 0.0262. The van der Waals surface area contributed by atoms with E-state index in [0.29, 0.717) is 29.5 Å². The summed E-state index contributed by atoms with van der Waals surface area (Å²) in [7, 11) is 0. The number of carbonyl (C=O) groups excluding carboxylic acids is 2. The fourth-order valence-corrected chi connectivity index (χ4v) is 3.76. The molecular weight excluding hydrogens is 401 g/mol. The van der Waals surface area contributed by atoms with Crippen LogP contribution in [0.15, 0.2) is 18.2 Å². The van der Waals surface area contributed by atoms with Crippen LogP contribution in [0.2, 0.25) is 5.02 Å². The molecule has 1 aliphatic rings. The third kappa shape index (κ3) is 6.26. The van der Waals surface area contributed by atoms with Gasteiger partial charge >= 0.3 is 0 Å². The number of anilines is 1. The summed E-state index contributed by atoms with van der Waals surface area (Å²) in [6.07, 6.45) is 3.71. The molecule has 1 fully saturated rings. The number of amides is 2. The van der Waals surface area contributed by atoms with Crippen LogP contribution in [0.3, 0.4) is 0 Å². The number of hydrogen-bond donors (Lipinski definition) is 2. The molecule has 2 atom stereocenters. The van der Waals surface area contributed by atoms with E-state index in [-0.39, 0.29) is 36.7 Å². The second kappa shape index (κ2) is 10.9. The highest BCUT2D eigenvalue weighted by Crippen LogP contribution is 2.33. The number of ether oxygens (including phenoxy) is 1. The van der Waals surface area contributed by atoms with Crippen LogP contribution in [-0.4, -0.2) is 41.9 Å². The summed E-state index contributed by atoms with van der Waals surface area (Å²) < 4.78 is 5.54. The van der Waals surface area contributed by atoms with Crippen molar-refractivity contribution < 1.29 is 14.3 Å². The van der Waals surface area contributed by atoms with Gasteiger partial charge in [0, 0.05) is 24.3 Å². The third-order valence-electron chi connectivity index (χ3n) is 5.24. The SMILES string of the molecule is CCN(CC)C(=O)COc1ccc(NC(=O)C2CCCCC2(C)N)cc1Cl.Cl. The quantitative estimate of drug-likeness (QED) is 0.686. The lowest BCUT2D eigenvalue weighted by atomic mass is 9.74. The van der Waals surface area contributed by atoms with Crippen LogP contribution >= 0.6 is 24.0 Å². The monoisotopic (exact) mass is 431 g/mol. The molecule has 1 saturated carbocycles. The molecule has 0 spiro atoms. The van der Waals surface area contributed by atoms with Crippen molar-refractivity contribution in [2.75, 3.05) is 25.0 Å². The summed E-state index contributed by atoms with van der Waals surface area (Å²) in [5, 5.41) is 3.25. The topological polar surface area (TPSA) is 84.7 Å². The first-order valence-electron chi connectivity index (χ1n) is 9.58. The lowest BCUT2D eigenvalue weighted by Gasteiger charge is -2.37. The van der Waals surface area contributed by atoms with E-state index in [2.05, 4.69) is 5.32 Å². The Bertz CT molecular complexity index is 679. The Kier molecular flexibility index (Phi) is 9.54. The molecule has 1 aromatic rings. The lowest BCUT2D eigenvalue weighted by molar-refractivity contribution is -0.133. The maximum absolute atomic E-state index is 12.6. The number of nitrogens with zero attached hydrogens (tertiary/aromatic N) is 1. The number of benzene rings is 1. The van der Waals surface area contributed by atoms with Gasteiger partial charge in [-0.2, -0.15) is 0 Å². The van der Waals surface area contributed by atoms with Crippen molar-refractivity contribution in [1.29, 1.82) is 0 Å². The number of hydrogen-bond acceptors (Lipinski definition) is 4. The molecule has 0 heterocycles. The standard InChI is InChI=1S/C20H30ClN3O3.ClH/c1-4-24(5-2)18(25)13-27-17-10-9-14(12-16(17)21)23-19(26)15-8-6-7-11-20(15,3)22;/h9-10,12,15H,4-8,11,13,22H2,1-3H3,(H,23,26);1H. The van der Waals surface area contributed by atoms with Gasteiger partial charge in [-0.3, -0.25) is 9.59 Å². The highest BCUT2D eigenvalue weighted by atomic mass is 35.5. The molecule has 2 unspecified atom stereocenters. The van der Waals surface area contributed by atoms with Crippen LogP contribution in [0.25, 0.3) is 0 Å². The molecule has 2 rings (SSSR count). The molecule has 8 heteroatoms. The highest BCUT2D eigenvalue weighted by molar-refractivity contribution is 6.32. The van der Waals surface area contributed by atoms with E-state index in [9.17, 15) is 9.59 Å². The number of halogens is 2. The van der Waals surface area contributed by atoms with Crippen LogP contribution in [0.4, 0.5) is 5.69 Å². The number of likely N-dealkylation sites (N-methyl/N-ethyl adjacent to an activating group) is 1. The minimum Gasteiger partial charge on any atom is -0.482 e. The van der Waals surface area contributed by atoms with Crippen LogP contribution in [0, 0.1) is 5.92 Å². The summed E-state index contributed by atoms with van der Waals surface area (Å²) in [4.78, 5) is 26.3. The van der Waals surface area contributed by atoms with Crippen molar-refractivity contribution >= 4 is 41.5 Å². The second-order valence-electron chi connectivity index (χ2n) is 7.29. The third-order valence-corrected chi connectivity index (χ3v) is 5.53. The number of rotatable bonds is 7. The van der Waals surface area contributed by atoms with Crippen LogP contribution in [0.1, 0.15) is 46.5 Å². The molecule has 0 radical (unpaired) electrons. The van der Waals surface area contributed by atoms with Gasteiger partial charge < -0.3 is 20.7 Å². The molecule has 0 saturated heterocycles. The van der Waals surface area contributed by atoms with E-state index >= 15 is 0 Å². The van der Waals surface area contributed by atoms with E-state index in [4.69, 9.17) is 22.1 Å². The van der Waals surface area contributed by atoms with Crippen LogP contribution in [0.5, 0.6) is 5.75 Å². The fourth-order valence-electron chi connectivity index (χ4n) is 3.52. The van der Waals surface area contributed by atoms with Crippen molar-refractivity contribution in [1.82, 2.24) is 4.90 Å². The minimum absolute atomic E-state index is 0. The zero-order valence-electron chi connectivity index (χ0n) is 16.8. The largest absolute Gasteiger partial charge is 0.482 e. The van der Waals surface area contributed by atoms with Gasteiger partial charge in [0.05, 0.1) is 10.9 Å². The normalized spacial score (nSPS) is 21.4. The Hall–Kier alpha value is -1.50.